The molecule has 17 heavy (non-hydrogen) atoms. The van der Waals surface area contributed by atoms with Crippen molar-refractivity contribution in [2.75, 3.05) is 7.11 Å². The minimum absolute atomic E-state index is 0.103. The third-order valence-electron chi connectivity index (χ3n) is 3.12. The first-order valence-electron chi connectivity index (χ1n) is 5.90. The normalized spacial score (nSPS) is 23.1. The Kier molecular flexibility index (Phi) is 3.20. The minimum atomic E-state index is -0.388. The largest absolute Gasteiger partial charge is 0.494 e. The molecule has 0 aromatic carbocycles. The van der Waals surface area contributed by atoms with Crippen LogP contribution in [0.25, 0.3) is 5.57 Å². The number of nitrogens with zero attached hydrogens (tertiary/aromatic N) is 1. The predicted molar refractivity (Wildman–Crippen MR) is 67.8 cm³/mol. The molecule has 2 rings (SSSR count). The van der Waals surface area contributed by atoms with Crippen molar-refractivity contribution in [2.45, 2.75) is 32.8 Å². The van der Waals surface area contributed by atoms with Gasteiger partial charge in [-0.2, -0.15) is 0 Å². The Morgan fingerprint density at radius 2 is 2.24 bits per heavy atom. The van der Waals surface area contributed by atoms with Crippen LogP contribution in [-0.2, 0) is 0 Å². The lowest BCUT2D eigenvalue weighted by atomic mass is 9.75. The standard InChI is InChI=1S/C14H19NO2/c1-14(2)8-10(7-11(16)9-14)13-12(17-3)5-4-6-15-13/h4-7,11,16H,8-9H2,1-3H3. The Bertz CT molecular complexity index is 438. The third kappa shape index (κ3) is 2.67. The van der Waals surface area contributed by atoms with Gasteiger partial charge in [-0.25, -0.2) is 0 Å². The van der Waals surface area contributed by atoms with Crippen LogP contribution >= 0.6 is 0 Å². The van der Waals surface area contributed by atoms with Gasteiger partial charge in [-0.3, -0.25) is 4.98 Å². The van der Waals surface area contributed by atoms with E-state index in [1.165, 1.54) is 0 Å². The number of pyridine rings is 1. The summed E-state index contributed by atoms with van der Waals surface area (Å²) in [6.45, 7) is 4.33. The van der Waals surface area contributed by atoms with Crippen molar-refractivity contribution in [3.05, 3.63) is 30.1 Å². The highest BCUT2D eigenvalue weighted by atomic mass is 16.5. The molecule has 0 amide bonds. The van der Waals surface area contributed by atoms with E-state index < -0.39 is 0 Å². The van der Waals surface area contributed by atoms with Crippen molar-refractivity contribution < 1.29 is 9.84 Å². The SMILES string of the molecule is COc1cccnc1C1=CC(O)CC(C)(C)C1. The summed E-state index contributed by atoms with van der Waals surface area (Å²) >= 11 is 0. The Labute approximate surface area is 102 Å². The van der Waals surface area contributed by atoms with Crippen LogP contribution in [0, 0.1) is 5.41 Å². The van der Waals surface area contributed by atoms with Crippen LogP contribution in [-0.4, -0.2) is 23.3 Å². The highest BCUT2D eigenvalue weighted by Gasteiger charge is 2.29. The first-order valence-corrected chi connectivity index (χ1v) is 5.90. The fourth-order valence-corrected chi connectivity index (χ4v) is 2.46. The summed E-state index contributed by atoms with van der Waals surface area (Å²) in [6, 6.07) is 3.75. The molecule has 92 valence electrons. The van der Waals surface area contributed by atoms with Crippen LogP contribution in [0.3, 0.4) is 0 Å². The molecule has 1 unspecified atom stereocenters. The molecule has 0 spiro atoms. The summed E-state index contributed by atoms with van der Waals surface area (Å²) in [5.74, 6) is 0.767. The molecule has 0 aliphatic heterocycles. The predicted octanol–water partition coefficient (Wildman–Crippen LogP) is 2.65. The molecule has 0 bridgehead atoms. The molecule has 0 radical (unpaired) electrons. The van der Waals surface area contributed by atoms with Crippen LogP contribution in [0.1, 0.15) is 32.4 Å². The van der Waals surface area contributed by atoms with Gasteiger partial charge in [0.05, 0.1) is 13.2 Å². The maximum Gasteiger partial charge on any atom is 0.144 e. The Morgan fingerprint density at radius 3 is 2.88 bits per heavy atom. The fourth-order valence-electron chi connectivity index (χ4n) is 2.46. The number of hydrogen-bond donors (Lipinski definition) is 1. The molecule has 1 aromatic rings. The molecule has 1 aliphatic carbocycles. The molecule has 1 aromatic heterocycles. The van der Waals surface area contributed by atoms with Gasteiger partial charge in [0.25, 0.3) is 0 Å². The number of aliphatic hydroxyl groups is 1. The van der Waals surface area contributed by atoms with E-state index in [2.05, 4.69) is 18.8 Å². The summed E-state index contributed by atoms with van der Waals surface area (Å²) in [7, 11) is 1.64. The van der Waals surface area contributed by atoms with Gasteiger partial charge >= 0.3 is 0 Å². The molecule has 3 heteroatoms. The van der Waals surface area contributed by atoms with Crippen LogP contribution in [0.2, 0.25) is 0 Å². The molecule has 0 saturated carbocycles. The fraction of sp³-hybridized carbons (Fsp3) is 0.500. The number of aliphatic hydroxyl groups excluding tert-OH is 1. The third-order valence-corrected chi connectivity index (χ3v) is 3.12. The number of aromatic nitrogens is 1. The summed E-state index contributed by atoms with van der Waals surface area (Å²) in [6.07, 6.45) is 4.98. The summed E-state index contributed by atoms with van der Waals surface area (Å²) in [5, 5.41) is 9.90. The highest BCUT2D eigenvalue weighted by Crippen LogP contribution is 2.40. The average molecular weight is 233 g/mol. The van der Waals surface area contributed by atoms with Crippen molar-refractivity contribution in [2.24, 2.45) is 5.41 Å². The molecular formula is C14H19NO2. The maximum atomic E-state index is 9.90. The number of ether oxygens (including phenoxy) is 1. The summed E-state index contributed by atoms with van der Waals surface area (Å²) in [5.41, 5.74) is 2.03. The second-order valence-corrected chi connectivity index (χ2v) is 5.36. The van der Waals surface area contributed by atoms with Gasteiger partial charge in [-0.05, 0) is 36.0 Å². The Balaban J connectivity index is 2.39. The van der Waals surface area contributed by atoms with Gasteiger partial charge in [-0.1, -0.05) is 19.9 Å². The molecule has 1 N–H and O–H groups in total. The van der Waals surface area contributed by atoms with Crippen LogP contribution in [0.5, 0.6) is 5.75 Å². The van der Waals surface area contributed by atoms with E-state index in [0.717, 1.165) is 29.9 Å². The van der Waals surface area contributed by atoms with E-state index in [1.54, 1.807) is 13.3 Å². The van der Waals surface area contributed by atoms with Crippen LogP contribution in [0.4, 0.5) is 0 Å². The first kappa shape index (κ1) is 12.1. The highest BCUT2D eigenvalue weighted by molar-refractivity contribution is 5.69. The quantitative estimate of drug-likeness (QED) is 0.854. The lowest BCUT2D eigenvalue weighted by Crippen LogP contribution is -2.24. The second kappa shape index (κ2) is 4.49. The average Bonchev–Trinajstić information content (AvgIpc) is 2.26. The zero-order valence-electron chi connectivity index (χ0n) is 10.6. The van der Waals surface area contributed by atoms with E-state index in [9.17, 15) is 5.11 Å². The van der Waals surface area contributed by atoms with Gasteiger partial charge < -0.3 is 9.84 Å². The van der Waals surface area contributed by atoms with Crippen molar-refractivity contribution in [3.63, 3.8) is 0 Å². The van der Waals surface area contributed by atoms with E-state index in [-0.39, 0.29) is 11.5 Å². The monoisotopic (exact) mass is 233 g/mol. The molecule has 0 fully saturated rings. The summed E-state index contributed by atoms with van der Waals surface area (Å²) in [4.78, 5) is 4.37. The number of allylic oxidation sites excluding steroid dienone is 1. The van der Waals surface area contributed by atoms with E-state index in [1.807, 2.05) is 18.2 Å². The van der Waals surface area contributed by atoms with Crippen LogP contribution in [0.15, 0.2) is 24.4 Å². The Hall–Kier alpha value is -1.35. The van der Waals surface area contributed by atoms with Crippen molar-refractivity contribution >= 4 is 5.57 Å². The Morgan fingerprint density at radius 1 is 1.47 bits per heavy atom. The molecule has 1 heterocycles. The van der Waals surface area contributed by atoms with E-state index in [0.29, 0.717) is 0 Å². The van der Waals surface area contributed by atoms with Gasteiger partial charge in [0.15, 0.2) is 0 Å². The molecule has 3 nitrogen and oxygen atoms in total. The van der Waals surface area contributed by atoms with Crippen LogP contribution < -0.4 is 4.74 Å². The van der Waals surface area contributed by atoms with E-state index >= 15 is 0 Å². The minimum Gasteiger partial charge on any atom is -0.494 e. The zero-order valence-corrected chi connectivity index (χ0v) is 10.6. The summed E-state index contributed by atoms with van der Waals surface area (Å²) < 4.78 is 5.32. The smallest absolute Gasteiger partial charge is 0.144 e. The van der Waals surface area contributed by atoms with Gasteiger partial charge in [0, 0.05) is 6.20 Å². The topological polar surface area (TPSA) is 42.4 Å². The lowest BCUT2D eigenvalue weighted by Gasteiger charge is -2.32. The first-order chi connectivity index (χ1) is 8.02. The van der Waals surface area contributed by atoms with Crippen molar-refractivity contribution in [3.8, 4) is 5.75 Å². The van der Waals surface area contributed by atoms with Gasteiger partial charge in [0.1, 0.15) is 11.4 Å². The molecule has 1 atom stereocenters. The molecule has 1 aliphatic rings. The van der Waals surface area contributed by atoms with Gasteiger partial charge in [-0.15, -0.1) is 0 Å². The number of hydrogen-bond acceptors (Lipinski definition) is 3. The lowest BCUT2D eigenvalue weighted by molar-refractivity contribution is 0.146. The van der Waals surface area contributed by atoms with E-state index in [4.69, 9.17) is 4.74 Å². The van der Waals surface area contributed by atoms with Gasteiger partial charge in [0.2, 0.25) is 0 Å². The molecular weight excluding hydrogens is 214 g/mol. The maximum absolute atomic E-state index is 9.90. The number of rotatable bonds is 2. The van der Waals surface area contributed by atoms with Crippen molar-refractivity contribution in [1.82, 2.24) is 4.98 Å². The number of methoxy groups -OCH3 is 1. The second-order valence-electron chi connectivity index (χ2n) is 5.36. The molecule has 0 saturated heterocycles. The van der Waals surface area contributed by atoms with Crippen molar-refractivity contribution in [1.29, 1.82) is 0 Å². The zero-order chi connectivity index (χ0) is 12.5.